The number of nitrogen functional groups attached to an aromatic ring is 1. The summed E-state index contributed by atoms with van der Waals surface area (Å²) in [4.78, 5) is -0.0978. The molecule has 2 rings (SSSR count). The molecule has 0 amide bonds. The number of benzene rings is 2. The monoisotopic (exact) mass is 255 g/mol. The third-order valence-corrected chi connectivity index (χ3v) is 3.21. The number of hydrogen-bond acceptors (Lipinski definition) is 2. The Balaban J connectivity index is 2.40. The Morgan fingerprint density at radius 1 is 0.882 bits per heavy atom. The van der Waals surface area contributed by atoms with Crippen molar-refractivity contribution in [2.75, 3.05) is 5.73 Å². The highest BCUT2D eigenvalue weighted by atomic mass is 32.2. The van der Waals surface area contributed by atoms with Crippen LogP contribution in [0.1, 0.15) is 0 Å². The third kappa shape index (κ3) is 2.55. The molecule has 5 heteroatoms. The number of anilines is 1. The average Bonchev–Trinajstić information content (AvgIpc) is 2.25. The largest absolute Gasteiger partial charge is 0.399 e. The van der Waals surface area contributed by atoms with Crippen molar-refractivity contribution in [3.05, 3.63) is 53.8 Å². The van der Waals surface area contributed by atoms with Gasteiger partial charge in [-0.2, -0.15) is 0 Å². The SMILES string of the molecule is Nc1cc(F)c(Sc2ccccc2F)c(F)c1. The molecule has 2 aromatic rings. The van der Waals surface area contributed by atoms with Gasteiger partial charge < -0.3 is 5.73 Å². The van der Waals surface area contributed by atoms with Crippen molar-refractivity contribution in [2.24, 2.45) is 0 Å². The zero-order valence-electron chi connectivity index (χ0n) is 8.58. The summed E-state index contributed by atoms with van der Waals surface area (Å²) in [7, 11) is 0. The molecule has 0 fully saturated rings. The summed E-state index contributed by atoms with van der Waals surface area (Å²) < 4.78 is 40.3. The van der Waals surface area contributed by atoms with Crippen molar-refractivity contribution >= 4 is 17.4 Å². The lowest BCUT2D eigenvalue weighted by molar-refractivity contribution is 0.541. The number of rotatable bonds is 2. The van der Waals surface area contributed by atoms with Gasteiger partial charge in [0.15, 0.2) is 0 Å². The van der Waals surface area contributed by atoms with Crippen molar-refractivity contribution in [1.29, 1.82) is 0 Å². The van der Waals surface area contributed by atoms with Crippen LogP contribution in [0, 0.1) is 17.5 Å². The van der Waals surface area contributed by atoms with Crippen molar-refractivity contribution in [3.63, 3.8) is 0 Å². The van der Waals surface area contributed by atoms with Gasteiger partial charge in [0.1, 0.15) is 17.5 Å². The number of nitrogens with two attached hydrogens (primary N) is 1. The van der Waals surface area contributed by atoms with E-state index in [4.69, 9.17) is 5.73 Å². The summed E-state index contributed by atoms with van der Waals surface area (Å²) in [6.07, 6.45) is 0. The van der Waals surface area contributed by atoms with E-state index in [0.717, 1.165) is 12.1 Å². The van der Waals surface area contributed by atoms with Crippen molar-refractivity contribution in [3.8, 4) is 0 Å². The Bertz CT molecular complexity index is 534. The fraction of sp³-hybridized carbons (Fsp3) is 0. The molecule has 0 atom stereocenters. The first-order chi connectivity index (χ1) is 8.08. The van der Waals surface area contributed by atoms with Gasteiger partial charge in [-0.05, 0) is 24.3 Å². The maximum atomic E-state index is 13.5. The lowest BCUT2D eigenvalue weighted by atomic mass is 10.3. The summed E-state index contributed by atoms with van der Waals surface area (Å²) >= 11 is 0.696. The summed E-state index contributed by atoms with van der Waals surface area (Å²) in [5, 5.41) is 0. The second-order valence-corrected chi connectivity index (χ2v) is 4.40. The molecule has 0 aliphatic rings. The maximum absolute atomic E-state index is 13.5. The van der Waals surface area contributed by atoms with E-state index in [2.05, 4.69) is 0 Å². The molecule has 0 aliphatic carbocycles. The van der Waals surface area contributed by atoms with Crippen molar-refractivity contribution in [2.45, 2.75) is 9.79 Å². The van der Waals surface area contributed by atoms with Crippen LogP contribution in [0.15, 0.2) is 46.2 Å². The van der Waals surface area contributed by atoms with Crippen LogP contribution in [-0.4, -0.2) is 0 Å². The highest BCUT2D eigenvalue weighted by molar-refractivity contribution is 7.99. The molecule has 2 aromatic carbocycles. The molecular weight excluding hydrogens is 247 g/mol. The van der Waals surface area contributed by atoms with E-state index >= 15 is 0 Å². The molecule has 0 unspecified atom stereocenters. The van der Waals surface area contributed by atoms with E-state index in [-0.39, 0.29) is 15.5 Å². The topological polar surface area (TPSA) is 26.0 Å². The lowest BCUT2D eigenvalue weighted by Crippen LogP contribution is -1.93. The fourth-order valence-electron chi connectivity index (χ4n) is 1.31. The molecule has 0 radical (unpaired) electrons. The van der Waals surface area contributed by atoms with Crippen molar-refractivity contribution < 1.29 is 13.2 Å². The Morgan fingerprint density at radius 3 is 2.06 bits per heavy atom. The molecule has 0 saturated heterocycles. The van der Waals surface area contributed by atoms with Crippen LogP contribution in [0.2, 0.25) is 0 Å². The highest BCUT2D eigenvalue weighted by Crippen LogP contribution is 2.34. The molecule has 88 valence electrons. The van der Waals surface area contributed by atoms with Gasteiger partial charge >= 0.3 is 0 Å². The lowest BCUT2D eigenvalue weighted by Gasteiger charge is -2.06. The van der Waals surface area contributed by atoms with Gasteiger partial charge in [0, 0.05) is 10.6 Å². The Morgan fingerprint density at radius 2 is 1.47 bits per heavy atom. The highest BCUT2D eigenvalue weighted by Gasteiger charge is 2.13. The first-order valence-corrected chi connectivity index (χ1v) is 5.56. The third-order valence-electron chi connectivity index (χ3n) is 2.07. The van der Waals surface area contributed by atoms with Gasteiger partial charge in [0.2, 0.25) is 0 Å². The maximum Gasteiger partial charge on any atom is 0.142 e. The molecular formula is C12H8F3NS. The van der Waals surface area contributed by atoms with Crippen LogP contribution in [0.4, 0.5) is 18.9 Å². The summed E-state index contributed by atoms with van der Waals surface area (Å²) in [5.41, 5.74) is 5.29. The second kappa shape index (κ2) is 4.71. The average molecular weight is 255 g/mol. The van der Waals surface area contributed by atoms with Crippen molar-refractivity contribution in [1.82, 2.24) is 0 Å². The van der Waals surface area contributed by atoms with Crippen LogP contribution < -0.4 is 5.73 Å². The zero-order chi connectivity index (χ0) is 12.4. The molecule has 2 N–H and O–H groups in total. The Hall–Kier alpha value is -1.62. The minimum Gasteiger partial charge on any atom is -0.399 e. The van der Waals surface area contributed by atoms with Gasteiger partial charge in [0.05, 0.1) is 4.90 Å². The van der Waals surface area contributed by atoms with E-state index < -0.39 is 17.5 Å². The molecule has 17 heavy (non-hydrogen) atoms. The van der Waals surface area contributed by atoms with Gasteiger partial charge in [-0.3, -0.25) is 0 Å². The van der Waals surface area contributed by atoms with E-state index in [1.165, 1.54) is 18.2 Å². The van der Waals surface area contributed by atoms with Gasteiger partial charge in [0.25, 0.3) is 0 Å². The Labute approximate surface area is 100 Å². The minimum atomic E-state index is -0.796. The number of halogens is 3. The minimum absolute atomic E-state index is 0.00196. The molecule has 0 bridgehead atoms. The van der Waals surface area contributed by atoms with Gasteiger partial charge in [-0.1, -0.05) is 23.9 Å². The second-order valence-electron chi connectivity index (χ2n) is 3.35. The zero-order valence-corrected chi connectivity index (χ0v) is 9.40. The standard InChI is InChI=1S/C12H8F3NS/c13-8-3-1-2-4-11(8)17-12-9(14)5-7(16)6-10(12)15/h1-6H,16H2. The van der Waals surface area contributed by atoms with E-state index in [1.807, 2.05) is 0 Å². The van der Waals surface area contributed by atoms with Crippen LogP contribution in [0.5, 0.6) is 0 Å². The van der Waals surface area contributed by atoms with Gasteiger partial charge in [-0.25, -0.2) is 13.2 Å². The van der Waals surface area contributed by atoms with Crippen LogP contribution in [-0.2, 0) is 0 Å². The van der Waals surface area contributed by atoms with Crippen LogP contribution in [0.3, 0.4) is 0 Å². The molecule has 0 heterocycles. The van der Waals surface area contributed by atoms with Gasteiger partial charge in [-0.15, -0.1) is 0 Å². The fourth-order valence-corrected chi connectivity index (χ4v) is 2.16. The predicted molar refractivity (Wildman–Crippen MR) is 61.3 cm³/mol. The summed E-state index contributed by atoms with van der Waals surface area (Å²) in [5.74, 6) is -2.11. The molecule has 1 nitrogen and oxygen atoms in total. The van der Waals surface area contributed by atoms with Crippen LogP contribution >= 0.6 is 11.8 Å². The van der Waals surface area contributed by atoms with E-state index in [0.29, 0.717) is 11.8 Å². The Kier molecular flexibility index (Phi) is 3.28. The molecule has 0 aromatic heterocycles. The first kappa shape index (κ1) is 11.9. The first-order valence-electron chi connectivity index (χ1n) is 4.75. The normalized spacial score (nSPS) is 10.5. The molecule has 0 saturated carbocycles. The van der Waals surface area contributed by atoms with Crippen LogP contribution in [0.25, 0.3) is 0 Å². The smallest absolute Gasteiger partial charge is 0.142 e. The molecule has 0 spiro atoms. The van der Waals surface area contributed by atoms with E-state index in [1.54, 1.807) is 6.07 Å². The quantitative estimate of drug-likeness (QED) is 0.825. The predicted octanol–water partition coefficient (Wildman–Crippen LogP) is 3.84. The number of hydrogen-bond donors (Lipinski definition) is 1. The molecule has 0 aliphatic heterocycles. The van der Waals surface area contributed by atoms with E-state index in [9.17, 15) is 13.2 Å². The summed E-state index contributed by atoms with van der Waals surface area (Å²) in [6, 6.07) is 7.80. The summed E-state index contributed by atoms with van der Waals surface area (Å²) in [6.45, 7) is 0.